The summed E-state index contributed by atoms with van der Waals surface area (Å²) in [5, 5.41) is 5.26. The summed E-state index contributed by atoms with van der Waals surface area (Å²) in [4.78, 5) is 26.7. The molecule has 0 radical (unpaired) electrons. The average Bonchev–Trinajstić information content (AvgIpc) is 3.16. The maximum Gasteiger partial charge on any atom is 0.415 e. The smallest absolute Gasteiger partial charge is 0.405 e. The van der Waals surface area contributed by atoms with E-state index in [4.69, 9.17) is 10.5 Å². The van der Waals surface area contributed by atoms with E-state index in [0.717, 1.165) is 0 Å². The number of ether oxygens (including phenoxy) is 1. The predicted octanol–water partition coefficient (Wildman–Crippen LogP) is 3.50. The van der Waals surface area contributed by atoms with Crippen LogP contribution in [0.15, 0.2) is 48.8 Å². The van der Waals surface area contributed by atoms with Crippen molar-refractivity contribution in [1.82, 2.24) is 29.6 Å². The number of amides is 1. The molecule has 0 fully saturated rings. The number of carbonyl (C=O) groups is 1. The summed E-state index contributed by atoms with van der Waals surface area (Å²) in [5.74, 6) is -0.000936. The zero-order valence-corrected chi connectivity index (χ0v) is 17.7. The average molecular weight is 435 g/mol. The summed E-state index contributed by atoms with van der Waals surface area (Å²) in [7, 11) is 0. The maximum atomic E-state index is 14.2. The van der Waals surface area contributed by atoms with Gasteiger partial charge in [0.2, 0.25) is 0 Å². The van der Waals surface area contributed by atoms with Gasteiger partial charge >= 0.3 is 6.09 Å². The number of nitrogen functional groups attached to an aromatic ring is 1. The van der Waals surface area contributed by atoms with Crippen molar-refractivity contribution in [3.8, 4) is 17.3 Å². The molecule has 0 aliphatic heterocycles. The second-order valence-corrected chi connectivity index (χ2v) is 6.96. The summed E-state index contributed by atoms with van der Waals surface area (Å²) < 4.78 is 21.1. The third-order valence-electron chi connectivity index (χ3n) is 5.00. The minimum atomic E-state index is -0.526. The highest BCUT2D eigenvalue weighted by Gasteiger charge is 2.19. The monoisotopic (exact) mass is 435 g/mol. The van der Waals surface area contributed by atoms with Gasteiger partial charge in [0.1, 0.15) is 11.5 Å². The molecule has 0 spiro atoms. The number of nitrogens with two attached hydrogens (primary N) is 1. The minimum absolute atomic E-state index is 0.0104. The molecule has 164 valence electrons. The molecule has 0 unspecified atom stereocenters. The lowest BCUT2D eigenvalue weighted by molar-refractivity contribution is 0.157. The van der Waals surface area contributed by atoms with E-state index < -0.39 is 6.09 Å². The number of aromatic nitrogens is 5. The second kappa shape index (κ2) is 8.96. The summed E-state index contributed by atoms with van der Waals surface area (Å²) in [5.41, 5.74) is 7.52. The zero-order chi connectivity index (χ0) is 22.7. The van der Waals surface area contributed by atoms with Crippen LogP contribution in [0.25, 0.3) is 22.6 Å². The molecular weight excluding hydrogens is 413 g/mol. The summed E-state index contributed by atoms with van der Waals surface area (Å²) in [6.45, 7) is 4.91. The molecule has 0 aliphatic carbocycles. The first kappa shape index (κ1) is 21.2. The molecule has 4 aromatic rings. The van der Waals surface area contributed by atoms with Gasteiger partial charge in [-0.3, -0.25) is 0 Å². The number of benzene rings is 1. The van der Waals surface area contributed by atoms with Crippen molar-refractivity contribution in [3.63, 3.8) is 0 Å². The first-order valence-corrected chi connectivity index (χ1v) is 10.2. The quantitative estimate of drug-likeness (QED) is 0.493. The van der Waals surface area contributed by atoms with Gasteiger partial charge in [0.15, 0.2) is 23.0 Å². The normalized spacial score (nSPS) is 11.0. The Bertz CT molecular complexity index is 1270. The highest BCUT2D eigenvalue weighted by molar-refractivity contribution is 5.89. The maximum absolute atomic E-state index is 14.2. The van der Waals surface area contributed by atoms with Gasteiger partial charge in [0.05, 0.1) is 18.1 Å². The lowest BCUT2D eigenvalue weighted by Gasteiger charge is -2.18. The third kappa shape index (κ3) is 4.07. The topological polar surface area (TPSA) is 112 Å². The van der Waals surface area contributed by atoms with Gasteiger partial charge in [0.25, 0.3) is 0 Å². The highest BCUT2D eigenvalue weighted by atomic mass is 19.1. The fraction of sp³-hybridized carbons (Fsp3) is 0.227. The lowest BCUT2D eigenvalue weighted by Crippen LogP contribution is -2.33. The molecule has 2 N–H and O–H groups in total. The molecule has 0 saturated heterocycles. The van der Waals surface area contributed by atoms with Crippen LogP contribution in [0.3, 0.4) is 0 Å². The van der Waals surface area contributed by atoms with E-state index in [2.05, 4.69) is 20.1 Å². The molecular formula is C22H22FN7O2. The van der Waals surface area contributed by atoms with Crippen LogP contribution in [-0.2, 0) is 6.54 Å². The van der Waals surface area contributed by atoms with Crippen LogP contribution in [0, 0.1) is 5.82 Å². The summed E-state index contributed by atoms with van der Waals surface area (Å²) >= 11 is 0. The molecule has 3 aromatic heterocycles. The second-order valence-electron chi connectivity index (χ2n) is 6.96. The largest absolute Gasteiger partial charge is 0.415 e. The number of fused-ring (bicyclic) bond motifs is 1. The van der Waals surface area contributed by atoms with Crippen molar-refractivity contribution < 1.29 is 13.9 Å². The summed E-state index contributed by atoms with van der Waals surface area (Å²) in [6, 6.07) is 10.1. The number of rotatable bonds is 6. The van der Waals surface area contributed by atoms with Gasteiger partial charge < -0.3 is 15.4 Å². The Labute approximate surface area is 183 Å². The van der Waals surface area contributed by atoms with E-state index in [-0.39, 0.29) is 29.8 Å². The Morgan fingerprint density at radius 3 is 2.66 bits per heavy atom. The van der Waals surface area contributed by atoms with Gasteiger partial charge in [-0.15, -0.1) is 0 Å². The SMILES string of the molecule is CCN(CC)C(=O)Oc1cnc(-c2nn(Cc3ccccc3F)c3ncccc23)nc1N. The van der Waals surface area contributed by atoms with Crippen LogP contribution in [0.1, 0.15) is 19.4 Å². The minimum Gasteiger partial charge on any atom is -0.405 e. The van der Waals surface area contributed by atoms with Crippen molar-refractivity contribution in [1.29, 1.82) is 0 Å². The van der Waals surface area contributed by atoms with Crippen molar-refractivity contribution >= 4 is 22.9 Å². The van der Waals surface area contributed by atoms with Crippen LogP contribution in [-0.4, -0.2) is 48.8 Å². The molecule has 4 rings (SSSR count). The van der Waals surface area contributed by atoms with E-state index in [1.165, 1.54) is 17.2 Å². The molecule has 0 atom stereocenters. The molecule has 0 aliphatic rings. The first-order chi connectivity index (χ1) is 15.5. The fourth-order valence-electron chi connectivity index (χ4n) is 3.29. The Hall–Kier alpha value is -4.08. The number of anilines is 1. The molecule has 1 aromatic carbocycles. The van der Waals surface area contributed by atoms with E-state index in [0.29, 0.717) is 35.4 Å². The Morgan fingerprint density at radius 1 is 1.16 bits per heavy atom. The van der Waals surface area contributed by atoms with Crippen molar-refractivity contribution in [2.24, 2.45) is 0 Å². The Kier molecular flexibility index (Phi) is 5.93. The molecule has 0 bridgehead atoms. The number of halogens is 1. The number of hydrogen-bond donors (Lipinski definition) is 1. The van der Waals surface area contributed by atoms with Crippen LogP contribution < -0.4 is 10.5 Å². The molecule has 0 saturated carbocycles. The van der Waals surface area contributed by atoms with Crippen LogP contribution in [0.4, 0.5) is 15.0 Å². The molecule has 1 amide bonds. The first-order valence-electron chi connectivity index (χ1n) is 10.2. The number of carbonyl (C=O) groups excluding carboxylic acids is 1. The van der Waals surface area contributed by atoms with Gasteiger partial charge in [-0.25, -0.2) is 28.8 Å². The Morgan fingerprint density at radius 2 is 1.94 bits per heavy atom. The van der Waals surface area contributed by atoms with Gasteiger partial charge in [-0.1, -0.05) is 18.2 Å². The number of nitrogens with zero attached hydrogens (tertiary/aromatic N) is 6. The van der Waals surface area contributed by atoms with E-state index in [9.17, 15) is 9.18 Å². The molecule has 10 heteroatoms. The number of pyridine rings is 1. The Balaban J connectivity index is 1.69. The van der Waals surface area contributed by atoms with E-state index >= 15 is 0 Å². The third-order valence-corrected chi connectivity index (χ3v) is 5.00. The standard InChI is InChI=1S/C22H22FN7O2/c1-3-29(4-2)22(31)32-17-12-26-20(27-19(17)24)18-15-9-7-11-25-21(15)30(28-18)13-14-8-5-6-10-16(14)23/h5-12H,3-4,13H2,1-2H3,(H2,24,26,27). The molecule has 32 heavy (non-hydrogen) atoms. The van der Waals surface area contributed by atoms with Crippen LogP contribution in [0.5, 0.6) is 5.75 Å². The highest BCUT2D eigenvalue weighted by Crippen LogP contribution is 2.28. The van der Waals surface area contributed by atoms with Gasteiger partial charge in [-0.2, -0.15) is 5.10 Å². The van der Waals surface area contributed by atoms with Crippen LogP contribution >= 0.6 is 0 Å². The molecule has 9 nitrogen and oxygen atoms in total. The van der Waals surface area contributed by atoms with Crippen molar-refractivity contribution in [2.75, 3.05) is 18.8 Å². The summed E-state index contributed by atoms with van der Waals surface area (Å²) in [6.07, 6.45) is 2.45. The molecule has 3 heterocycles. The fourth-order valence-corrected chi connectivity index (χ4v) is 3.29. The van der Waals surface area contributed by atoms with Gasteiger partial charge in [-0.05, 0) is 32.0 Å². The van der Waals surface area contributed by atoms with Gasteiger partial charge in [0, 0.05) is 24.8 Å². The van der Waals surface area contributed by atoms with Crippen molar-refractivity contribution in [3.05, 3.63) is 60.2 Å². The van der Waals surface area contributed by atoms with E-state index in [1.807, 2.05) is 19.9 Å². The van der Waals surface area contributed by atoms with Crippen molar-refractivity contribution in [2.45, 2.75) is 20.4 Å². The zero-order valence-electron chi connectivity index (χ0n) is 17.7. The van der Waals surface area contributed by atoms with E-state index in [1.54, 1.807) is 35.1 Å². The predicted molar refractivity (Wildman–Crippen MR) is 117 cm³/mol. The van der Waals surface area contributed by atoms with Crippen LogP contribution in [0.2, 0.25) is 0 Å². The number of hydrogen-bond acceptors (Lipinski definition) is 7. The lowest BCUT2D eigenvalue weighted by atomic mass is 10.2.